The summed E-state index contributed by atoms with van der Waals surface area (Å²) in [6.07, 6.45) is 0. The second-order valence-corrected chi connectivity index (χ2v) is 4.05. The molecule has 94 valence electrons. The topological polar surface area (TPSA) is 96.5 Å². The van der Waals surface area contributed by atoms with Gasteiger partial charge in [0.1, 0.15) is 0 Å². The van der Waals surface area contributed by atoms with Crippen LogP contribution in [0.25, 0.3) is 0 Å². The number of H-pyrrole nitrogens is 1. The van der Waals surface area contributed by atoms with E-state index in [0.29, 0.717) is 17.1 Å². The SMILES string of the molecule is Cc1ccc(C(=O)NC(C)c2nn[nH]n2)c(C)n1. The first-order valence-electron chi connectivity index (χ1n) is 5.56. The van der Waals surface area contributed by atoms with Crippen molar-refractivity contribution in [2.75, 3.05) is 0 Å². The molecule has 0 aromatic carbocycles. The van der Waals surface area contributed by atoms with Crippen LogP contribution in [0.15, 0.2) is 12.1 Å². The lowest BCUT2D eigenvalue weighted by molar-refractivity contribution is 0.0937. The molecule has 0 spiro atoms. The molecule has 0 fully saturated rings. The maximum Gasteiger partial charge on any atom is 0.253 e. The lowest BCUT2D eigenvalue weighted by atomic mass is 10.1. The van der Waals surface area contributed by atoms with Crippen molar-refractivity contribution in [1.82, 2.24) is 30.9 Å². The van der Waals surface area contributed by atoms with E-state index >= 15 is 0 Å². The van der Waals surface area contributed by atoms with Crippen molar-refractivity contribution >= 4 is 5.91 Å². The first-order chi connectivity index (χ1) is 8.58. The number of pyridine rings is 1. The van der Waals surface area contributed by atoms with Crippen LogP contribution >= 0.6 is 0 Å². The van der Waals surface area contributed by atoms with Crippen molar-refractivity contribution in [2.24, 2.45) is 0 Å². The molecular weight excluding hydrogens is 232 g/mol. The highest BCUT2D eigenvalue weighted by molar-refractivity contribution is 5.95. The molecule has 2 rings (SSSR count). The standard InChI is InChI=1S/C11H14N6O/c1-6-4-5-9(7(2)12-6)11(18)13-8(3)10-14-16-17-15-10/h4-5,8H,1-3H3,(H,13,18)(H,14,15,16,17). The molecule has 7 heteroatoms. The Kier molecular flexibility index (Phi) is 3.31. The molecule has 0 aliphatic carbocycles. The van der Waals surface area contributed by atoms with Crippen molar-refractivity contribution in [2.45, 2.75) is 26.8 Å². The largest absolute Gasteiger partial charge is 0.342 e. The molecule has 0 saturated heterocycles. The molecule has 2 aromatic rings. The van der Waals surface area contributed by atoms with Crippen LogP contribution in [0.1, 0.15) is 40.5 Å². The van der Waals surface area contributed by atoms with Crippen molar-refractivity contribution in [3.05, 3.63) is 34.9 Å². The molecule has 2 heterocycles. The molecule has 0 aliphatic heterocycles. The minimum absolute atomic E-state index is 0.197. The van der Waals surface area contributed by atoms with Gasteiger partial charge in [0.15, 0.2) is 5.82 Å². The predicted octanol–water partition coefficient (Wildman–Crippen LogP) is 0.703. The molecule has 0 bridgehead atoms. The fourth-order valence-electron chi connectivity index (χ4n) is 1.62. The van der Waals surface area contributed by atoms with E-state index in [1.54, 1.807) is 26.0 Å². The highest BCUT2D eigenvalue weighted by Crippen LogP contribution is 2.09. The molecule has 1 amide bonds. The van der Waals surface area contributed by atoms with Gasteiger partial charge < -0.3 is 5.32 Å². The minimum atomic E-state index is -0.308. The van der Waals surface area contributed by atoms with Crippen LogP contribution < -0.4 is 5.32 Å². The number of aromatic nitrogens is 5. The maximum atomic E-state index is 12.0. The molecule has 7 nitrogen and oxygen atoms in total. The minimum Gasteiger partial charge on any atom is -0.342 e. The van der Waals surface area contributed by atoms with Gasteiger partial charge in [-0.25, -0.2) is 0 Å². The van der Waals surface area contributed by atoms with Gasteiger partial charge in [-0.05, 0) is 32.9 Å². The van der Waals surface area contributed by atoms with E-state index in [0.717, 1.165) is 5.69 Å². The van der Waals surface area contributed by atoms with Gasteiger partial charge in [-0.15, -0.1) is 10.2 Å². The van der Waals surface area contributed by atoms with Gasteiger partial charge >= 0.3 is 0 Å². The predicted molar refractivity (Wildman–Crippen MR) is 63.8 cm³/mol. The van der Waals surface area contributed by atoms with Crippen LogP contribution in [0, 0.1) is 13.8 Å². The van der Waals surface area contributed by atoms with Crippen molar-refractivity contribution < 1.29 is 4.79 Å². The van der Waals surface area contributed by atoms with Gasteiger partial charge in [-0.3, -0.25) is 9.78 Å². The average molecular weight is 246 g/mol. The monoisotopic (exact) mass is 246 g/mol. The van der Waals surface area contributed by atoms with Gasteiger partial charge in [-0.2, -0.15) is 5.21 Å². The Morgan fingerprint density at radius 1 is 1.39 bits per heavy atom. The number of rotatable bonds is 3. The van der Waals surface area contributed by atoms with Crippen LogP contribution in [-0.4, -0.2) is 31.5 Å². The summed E-state index contributed by atoms with van der Waals surface area (Å²) in [6.45, 7) is 5.48. The van der Waals surface area contributed by atoms with E-state index in [-0.39, 0.29) is 11.9 Å². The molecule has 1 unspecified atom stereocenters. The highest BCUT2D eigenvalue weighted by atomic mass is 16.1. The number of nitrogens with one attached hydrogen (secondary N) is 2. The van der Waals surface area contributed by atoms with Crippen LogP contribution in [-0.2, 0) is 0 Å². The zero-order chi connectivity index (χ0) is 13.1. The first kappa shape index (κ1) is 12.2. The van der Waals surface area contributed by atoms with Gasteiger partial charge in [0.25, 0.3) is 5.91 Å². The Bertz CT molecular complexity index is 551. The number of hydrogen-bond acceptors (Lipinski definition) is 5. The molecular formula is C11H14N6O. The van der Waals surface area contributed by atoms with Gasteiger partial charge in [0.05, 0.1) is 17.3 Å². The fraction of sp³-hybridized carbons (Fsp3) is 0.364. The third-order valence-electron chi connectivity index (χ3n) is 2.57. The summed E-state index contributed by atoms with van der Waals surface area (Å²) < 4.78 is 0. The van der Waals surface area contributed by atoms with E-state index < -0.39 is 0 Å². The Morgan fingerprint density at radius 2 is 2.17 bits per heavy atom. The average Bonchev–Trinajstić information content (AvgIpc) is 2.81. The number of carbonyl (C=O) groups is 1. The molecule has 0 radical (unpaired) electrons. The van der Waals surface area contributed by atoms with Crippen molar-refractivity contribution in [1.29, 1.82) is 0 Å². The third kappa shape index (κ3) is 2.50. The molecule has 2 N–H and O–H groups in total. The molecule has 0 aliphatic rings. The highest BCUT2D eigenvalue weighted by Gasteiger charge is 2.16. The van der Waals surface area contributed by atoms with Crippen LogP contribution in [0.2, 0.25) is 0 Å². The van der Waals surface area contributed by atoms with E-state index in [2.05, 4.69) is 30.9 Å². The van der Waals surface area contributed by atoms with Gasteiger partial charge in [0, 0.05) is 5.69 Å². The van der Waals surface area contributed by atoms with Crippen molar-refractivity contribution in [3.8, 4) is 0 Å². The molecule has 18 heavy (non-hydrogen) atoms. The van der Waals surface area contributed by atoms with Crippen molar-refractivity contribution in [3.63, 3.8) is 0 Å². The van der Waals surface area contributed by atoms with Gasteiger partial charge in [0.2, 0.25) is 0 Å². The summed E-state index contributed by atoms with van der Waals surface area (Å²) in [7, 11) is 0. The number of tetrazole rings is 1. The van der Waals surface area contributed by atoms with Gasteiger partial charge in [-0.1, -0.05) is 5.21 Å². The summed E-state index contributed by atoms with van der Waals surface area (Å²) in [5, 5.41) is 16.2. The van der Waals surface area contributed by atoms with E-state index in [1.165, 1.54) is 0 Å². The summed E-state index contributed by atoms with van der Waals surface area (Å²) in [6, 6.07) is 3.26. The number of nitrogens with zero attached hydrogens (tertiary/aromatic N) is 4. The zero-order valence-corrected chi connectivity index (χ0v) is 10.4. The Hall–Kier alpha value is -2.31. The number of hydrogen-bond donors (Lipinski definition) is 2. The quantitative estimate of drug-likeness (QED) is 0.831. The summed E-state index contributed by atoms with van der Waals surface area (Å²) in [5.74, 6) is 0.248. The van der Waals surface area contributed by atoms with E-state index in [9.17, 15) is 4.79 Å². The van der Waals surface area contributed by atoms with E-state index in [4.69, 9.17) is 0 Å². The number of amides is 1. The Morgan fingerprint density at radius 3 is 2.78 bits per heavy atom. The third-order valence-corrected chi connectivity index (χ3v) is 2.57. The second-order valence-electron chi connectivity index (χ2n) is 4.05. The molecule has 2 aromatic heterocycles. The van der Waals surface area contributed by atoms with E-state index in [1.807, 2.05) is 6.92 Å². The summed E-state index contributed by atoms with van der Waals surface area (Å²) in [4.78, 5) is 16.3. The fourth-order valence-corrected chi connectivity index (χ4v) is 1.62. The number of aryl methyl sites for hydroxylation is 2. The lowest BCUT2D eigenvalue weighted by Gasteiger charge is -2.11. The van der Waals surface area contributed by atoms with Crippen LogP contribution in [0.5, 0.6) is 0 Å². The number of aromatic amines is 1. The maximum absolute atomic E-state index is 12.0. The Labute approximate surface area is 104 Å². The number of carbonyl (C=O) groups excluding carboxylic acids is 1. The normalized spacial score (nSPS) is 12.2. The lowest BCUT2D eigenvalue weighted by Crippen LogP contribution is -2.28. The smallest absolute Gasteiger partial charge is 0.253 e. The zero-order valence-electron chi connectivity index (χ0n) is 10.4. The first-order valence-corrected chi connectivity index (χ1v) is 5.56. The summed E-state index contributed by atoms with van der Waals surface area (Å²) in [5.41, 5.74) is 2.14. The Balaban J connectivity index is 2.12. The molecule has 0 saturated carbocycles. The van der Waals surface area contributed by atoms with Crippen LogP contribution in [0.3, 0.4) is 0 Å². The molecule has 1 atom stereocenters. The summed E-state index contributed by atoms with van der Waals surface area (Å²) >= 11 is 0. The van der Waals surface area contributed by atoms with Crippen LogP contribution in [0.4, 0.5) is 0 Å². The second kappa shape index (κ2) is 4.91.